The minimum atomic E-state index is -0.0615. The van der Waals surface area contributed by atoms with Crippen molar-refractivity contribution >= 4 is 23.5 Å². The van der Waals surface area contributed by atoms with E-state index in [-0.39, 0.29) is 5.91 Å². The van der Waals surface area contributed by atoms with Crippen LogP contribution in [0.1, 0.15) is 48.6 Å². The fourth-order valence-electron chi connectivity index (χ4n) is 3.63. The molecule has 0 atom stereocenters. The van der Waals surface area contributed by atoms with Gasteiger partial charge in [-0.1, -0.05) is 13.8 Å². The number of nitrogens with one attached hydrogen (secondary N) is 2. The SMILES string of the molecule is CSCCN1CCC(Nc2nc(CC(C)C)nc3c2CCNC3=O)CC1. The van der Waals surface area contributed by atoms with Crippen molar-refractivity contribution in [1.82, 2.24) is 20.2 Å². The molecule has 144 valence electrons. The standard InChI is InChI=1S/C19H31N5OS/c1-13(2)12-16-22-17-15(4-7-20-19(17)25)18(23-16)21-14-5-8-24(9-6-14)10-11-26-3/h13-14H,4-12H2,1-3H3,(H,20,25)(H,21,22,23). The lowest BCUT2D eigenvalue weighted by molar-refractivity contribution is 0.0940. The third-order valence-corrected chi connectivity index (χ3v) is 5.65. The van der Waals surface area contributed by atoms with Gasteiger partial charge in [0.15, 0.2) is 0 Å². The van der Waals surface area contributed by atoms with E-state index < -0.39 is 0 Å². The van der Waals surface area contributed by atoms with Gasteiger partial charge in [-0.25, -0.2) is 9.97 Å². The summed E-state index contributed by atoms with van der Waals surface area (Å²) in [6.07, 6.45) is 6.01. The maximum atomic E-state index is 12.3. The van der Waals surface area contributed by atoms with Crippen LogP contribution >= 0.6 is 11.8 Å². The van der Waals surface area contributed by atoms with Gasteiger partial charge >= 0.3 is 0 Å². The molecule has 0 spiro atoms. The number of hydrogen-bond acceptors (Lipinski definition) is 6. The molecule has 3 rings (SSSR count). The van der Waals surface area contributed by atoms with Crippen LogP contribution in [0, 0.1) is 5.92 Å². The number of carbonyl (C=O) groups excluding carboxylic acids is 1. The van der Waals surface area contributed by atoms with Crippen molar-refractivity contribution in [3.8, 4) is 0 Å². The first-order valence-electron chi connectivity index (χ1n) is 9.72. The maximum absolute atomic E-state index is 12.3. The van der Waals surface area contributed by atoms with Gasteiger partial charge < -0.3 is 15.5 Å². The number of nitrogens with zero attached hydrogens (tertiary/aromatic N) is 3. The molecule has 2 N–H and O–H groups in total. The summed E-state index contributed by atoms with van der Waals surface area (Å²) in [5.41, 5.74) is 1.56. The Morgan fingerprint density at radius 2 is 2.08 bits per heavy atom. The van der Waals surface area contributed by atoms with Crippen molar-refractivity contribution in [1.29, 1.82) is 0 Å². The minimum absolute atomic E-state index is 0.0615. The van der Waals surface area contributed by atoms with Gasteiger partial charge in [-0.15, -0.1) is 0 Å². The van der Waals surface area contributed by atoms with Crippen molar-refractivity contribution in [3.63, 3.8) is 0 Å². The Hall–Kier alpha value is -1.34. The largest absolute Gasteiger partial charge is 0.367 e. The molecule has 0 bridgehead atoms. The van der Waals surface area contributed by atoms with Crippen LogP contribution in [-0.4, -0.2) is 65.0 Å². The number of carbonyl (C=O) groups is 1. The number of amides is 1. The molecular formula is C19H31N5OS. The fourth-order valence-corrected chi connectivity index (χ4v) is 4.07. The van der Waals surface area contributed by atoms with Gasteiger partial charge in [0.1, 0.15) is 17.3 Å². The van der Waals surface area contributed by atoms with Crippen molar-refractivity contribution < 1.29 is 4.79 Å². The zero-order valence-electron chi connectivity index (χ0n) is 16.2. The van der Waals surface area contributed by atoms with Gasteiger partial charge in [-0.05, 0) is 31.4 Å². The molecule has 0 unspecified atom stereocenters. The summed E-state index contributed by atoms with van der Waals surface area (Å²) < 4.78 is 0. The Balaban J connectivity index is 1.72. The molecule has 2 aliphatic rings. The smallest absolute Gasteiger partial charge is 0.270 e. The van der Waals surface area contributed by atoms with Crippen molar-refractivity contribution in [2.24, 2.45) is 5.92 Å². The van der Waals surface area contributed by atoms with Gasteiger partial charge in [-0.2, -0.15) is 11.8 Å². The molecule has 7 heteroatoms. The van der Waals surface area contributed by atoms with Crippen LogP contribution in [0.25, 0.3) is 0 Å². The van der Waals surface area contributed by atoms with Crippen molar-refractivity contribution in [3.05, 3.63) is 17.1 Å². The molecular weight excluding hydrogens is 346 g/mol. The molecule has 0 aromatic carbocycles. The lowest BCUT2D eigenvalue weighted by Gasteiger charge is -2.33. The van der Waals surface area contributed by atoms with Crippen molar-refractivity contribution in [2.45, 2.75) is 45.6 Å². The second kappa shape index (κ2) is 9.04. The number of fused-ring (bicyclic) bond motifs is 1. The lowest BCUT2D eigenvalue weighted by atomic mass is 10.0. The quantitative estimate of drug-likeness (QED) is 0.759. The molecule has 26 heavy (non-hydrogen) atoms. The van der Waals surface area contributed by atoms with Crippen LogP contribution < -0.4 is 10.6 Å². The van der Waals surface area contributed by atoms with E-state index in [0.717, 1.165) is 56.0 Å². The number of piperidine rings is 1. The topological polar surface area (TPSA) is 70.2 Å². The summed E-state index contributed by atoms with van der Waals surface area (Å²) in [5.74, 6) is 3.27. The molecule has 6 nitrogen and oxygen atoms in total. The van der Waals surface area contributed by atoms with E-state index in [0.29, 0.717) is 24.2 Å². The van der Waals surface area contributed by atoms with Crippen LogP contribution in [-0.2, 0) is 12.8 Å². The second-order valence-corrected chi connectivity index (χ2v) is 8.66. The van der Waals surface area contributed by atoms with E-state index in [1.807, 2.05) is 11.8 Å². The highest BCUT2D eigenvalue weighted by Crippen LogP contribution is 2.24. The minimum Gasteiger partial charge on any atom is -0.367 e. The molecule has 1 amide bonds. The van der Waals surface area contributed by atoms with Gasteiger partial charge in [-0.3, -0.25) is 4.79 Å². The van der Waals surface area contributed by atoms with Crippen molar-refractivity contribution in [2.75, 3.05) is 43.5 Å². The van der Waals surface area contributed by atoms with E-state index in [9.17, 15) is 4.79 Å². The van der Waals surface area contributed by atoms with E-state index in [1.165, 1.54) is 12.3 Å². The molecule has 0 saturated carbocycles. The molecule has 1 saturated heterocycles. The highest BCUT2D eigenvalue weighted by atomic mass is 32.2. The third kappa shape index (κ3) is 4.88. The van der Waals surface area contributed by atoms with E-state index >= 15 is 0 Å². The lowest BCUT2D eigenvalue weighted by Crippen LogP contribution is -2.41. The van der Waals surface area contributed by atoms with Crippen LogP contribution in [0.4, 0.5) is 5.82 Å². The molecule has 3 heterocycles. The van der Waals surface area contributed by atoms with Gasteiger partial charge in [0.2, 0.25) is 0 Å². The zero-order chi connectivity index (χ0) is 18.5. The first-order valence-corrected chi connectivity index (χ1v) is 11.1. The van der Waals surface area contributed by atoms with E-state index in [4.69, 9.17) is 4.98 Å². The molecule has 1 fully saturated rings. The monoisotopic (exact) mass is 377 g/mol. The van der Waals surface area contributed by atoms with Crippen LogP contribution in [0.3, 0.4) is 0 Å². The summed E-state index contributed by atoms with van der Waals surface area (Å²) in [7, 11) is 0. The normalized spacial score (nSPS) is 18.7. The average Bonchev–Trinajstić information content (AvgIpc) is 2.61. The fraction of sp³-hybridized carbons (Fsp3) is 0.737. The Bertz CT molecular complexity index is 629. The van der Waals surface area contributed by atoms with Crippen LogP contribution in [0.15, 0.2) is 0 Å². The summed E-state index contributed by atoms with van der Waals surface area (Å²) in [6.45, 7) is 8.41. The Morgan fingerprint density at radius 1 is 1.31 bits per heavy atom. The highest BCUT2D eigenvalue weighted by Gasteiger charge is 2.26. The Kier molecular flexibility index (Phi) is 6.75. The third-order valence-electron chi connectivity index (χ3n) is 5.06. The van der Waals surface area contributed by atoms with Crippen LogP contribution in [0.2, 0.25) is 0 Å². The summed E-state index contributed by atoms with van der Waals surface area (Å²) >= 11 is 1.91. The Morgan fingerprint density at radius 3 is 2.77 bits per heavy atom. The molecule has 0 radical (unpaired) electrons. The number of aromatic nitrogens is 2. The molecule has 1 aromatic heterocycles. The highest BCUT2D eigenvalue weighted by molar-refractivity contribution is 7.98. The van der Waals surface area contributed by atoms with E-state index in [2.05, 4.69) is 40.6 Å². The summed E-state index contributed by atoms with van der Waals surface area (Å²) in [6, 6.07) is 0.427. The molecule has 1 aromatic rings. The molecule has 0 aliphatic carbocycles. The zero-order valence-corrected chi connectivity index (χ0v) is 17.0. The predicted octanol–water partition coefficient (Wildman–Crippen LogP) is 2.20. The number of rotatable bonds is 7. The second-order valence-electron chi connectivity index (χ2n) is 7.67. The van der Waals surface area contributed by atoms with Gasteiger partial charge in [0, 0.05) is 50.0 Å². The number of anilines is 1. The van der Waals surface area contributed by atoms with Gasteiger partial charge in [0.05, 0.1) is 0 Å². The predicted molar refractivity (Wildman–Crippen MR) is 108 cm³/mol. The first-order chi connectivity index (χ1) is 12.6. The summed E-state index contributed by atoms with van der Waals surface area (Å²) in [5, 5.41) is 6.57. The number of hydrogen-bond donors (Lipinski definition) is 2. The molecule has 2 aliphatic heterocycles. The average molecular weight is 378 g/mol. The first kappa shape index (κ1) is 19.4. The number of thioether (sulfide) groups is 1. The van der Waals surface area contributed by atoms with E-state index in [1.54, 1.807) is 0 Å². The maximum Gasteiger partial charge on any atom is 0.270 e. The number of likely N-dealkylation sites (tertiary alicyclic amines) is 1. The van der Waals surface area contributed by atoms with Crippen LogP contribution in [0.5, 0.6) is 0 Å². The summed E-state index contributed by atoms with van der Waals surface area (Å²) in [4.78, 5) is 24.2. The van der Waals surface area contributed by atoms with Gasteiger partial charge in [0.25, 0.3) is 5.91 Å². The Labute approximate surface area is 160 Å².